The van der Waals surface area contributed by atoms with E-state index in [0.717, 1.165) is 5.69 Å². The molecular formula is C18H28N4O4S. The summed E-state index contributed by atoms with van der Waals surface area (Å²) >= 11 is 0. The van der Waals surface area contributed by atoms with Gasteiger partial charge in [0.05, 0.1) is 40.1 Å². The predicted molar refractivity (Wildman–Crippen MR) is 102 cm³/mol. The maximum atomic E-state index is 13.0. The van der Waals surface area contributed by atoms with Crippen LogP contribution in [0.5, 0.6) is 0 Å². The highest BCUT2D eigenvalue weighted by Crippen LogP contribution is 2.32. The molecule has 2 saturated heterocycles. The van der Waals surface area contributed by atoms with E-state index in [1.54, 1.807) is 16.5 Å². The summed E-state index contributed by atoms with van der Waals surface area (Å²) in [6.45, 7) is 6.97. The summed E-state index contributed by atoms with van der Waals surface area (Å²) in [7, 11) is -2.56. The SMILES string of the molecule is CC(=O)N1CCOC2(CCS(=O)(=NC(=O)CC(C)n3ccc(C)n3)CC2)C1. The van der Waals surface area contributed by atoms with Gasteiger partial charge >= 0.3 is 0 Å². The van der Waals surface area contributed by atoms with E-state index in [1.165, 1.54) is 0 Å². The third-order valence-electron chi connectivity index (χ3n) is 5.38. The molecule has 2 aliphatic heterocycles. The minimum absolute atomic E-state index is 0.0340. The number of nitrogens with zero attached hydrogens (tertiary/aromatic N) is 4. The molecule has 3 heterocycles. The van der Waals surface area contributed by atoms with E-state index in [1.807, 2.05) is 26.1 Å². The molecule has 27 heavy (non-hydrogen) atoms. The Morgan fingerprint density at radius 1 is 1.41 bits per heavy atom. The normalized spacial score (nSPS) is 29.5. The fourth-order valence-electron chi connectivity index (χ4n) is 3.67. The number of aromatic nitrogens is 2. The Bertz CT molecular complexity index is 826. The molecule has 8 nitrogen and oxygen atoms in total. The quantitative estimate of drug-likeness (QED) is 0.773. The molecule has 0 aliphatic carbocycles. The van der Waals surface area contributed by atoms with Crippen LogP contribution in [-0.4, -0.2) is 67.5 Å². The molecule has 0 N–H and O–H groups in total. The van der Waals surface area contributed by atoms with Crippen molar-refractivity contribution in [2.75, 3.05) is 31.2 Å². The number of carbonyl (C=O) groups is 2. The van der Waals surface area contributed by atoms with Gasteiger partial charge in [0.15, 0.2) is 0 Å². The second kappa shape index (κ2) is 7.71. The van der Waals surface area contributed by atoms with Crippen LogP contribution in [0, 0.1) is 6.92 Å². The summed E-state index contributed by atoms with van der Waals surface area (Å²) in [5.74, 6) is 0.359. The first-order valence-corrected chi connectivity index (χ1v) is 11.2. The van der Waals surface area contributed by atoms with Gasteiger partial charge in [0.2, 0.25) is 5.91 Å². The van der Waals surface area contributed by atoms with Crippen molar-refractivity contribution < 1.29 is 18.5 Å². The molecule has 0 radical (unpaired) electrons. The molecule has 3 rings (SSSR count). The van der Waals surface area contributed by atoms with E-state index < -0.39 is 15.3 Å². The summed E-state index contributed by atoms with van der Waals surface area (Å²) in [6, 6.07) is 1.76. The number of rotatable bonds is 3. The standard InChI is InChI=1S/C18H28N4O4S/c1-14-4-7-22(19-14)15(2)12-17(24)20-27(25)10-5-18(6-11-27)13-21(16(3)23)8-9-26-18/h4,7,15H,5-6,8-13H2,1-3H3. The van der Waals surface area contributed by atoms with Gasteiger partial charge in [-0.3, -0.25) is 14.3 Å². The number of hydrogen-bond donors (Lipinski definition) is 0. The maximum Gasteiger partial charge on any atom is 0.255 e. The Balaban J connectivity index is 1.61. The third-order valence-corrected chi connectivity index (χ3v) is 7.60. The van der Waals surface area contributed by atoms with Gasteiger partial charge < -0.3 is 9.64 Å². The number of morpholine rings is 1. The van der Waals surface area contributed by atoms with Crippen molar-refractivity contribution in [2.45, 2.75) is 51.7 Å². The molecule has 2 aliphatic rings. The van der Waals surface area contributed by atoms with Gasteiger partial charge in [-0.1, -0.05) is 0 Å². The minimum Gasteiger partial charge on any atom is -0.371 e. The maximum absolute atomic E-state index is 13.0. The second-order valence-corrected chi connectivity index (χ2v) is 10.2. The lowest BCUT2D eigenvalue weighted by Crippen LogP contribution is -2.56. The van der Waals surface area contributed by atoms with E-state index in [4.69, 9.17) is 4.74 Å². The summed E-state index contributed by atoms with van der Waals surface area (Å²) in [6.07, 6.45) is 3.12. The van der Waals surface area contributed by atoms with Gasteiger partial charge in [0.25, 0.3) is 5.91 Å². The first kappa shape index (κ1) is 20.0. The second-order valence-electron chi connectivity index (χ2n) is 7.63. The van der Waals surface area contributed by atoms with Crippen molar-refractivity contribution in [1.29, 1.82) is 0 Å². The number of aryl methyl sites for hydroxylation is 1. The molecule has 1 unspecified atom stereocenters. The summed E-state index contributed by atoms with van der Waals surface area (Å²) in [5.41, 5.74) is 0.449. The Kier molecular flexibility index (Phi) is 5.71. The fourth-order valence-corrected chi connectivity index (χ4v) is 5.89. The summed E-state index contributed by atoms with van der Waals surface area (Å²) in [5, 5.41) is 4.31. The lowest BCUT2D eigenvalue weighted by molar-refractivity contribution is -0.150. The minimum atomic E-state index is -2.56. The largest absolute Gasteiger partial charge is 0.371 e. The summed E-state index contributed by atoms with van der Waals surface area (Å²) in [4.78, 5) is 25.8. The van der Waals surface area contributed by atoms with Gasteiger partial charge in [-0.2, -0.15) is 9.46 Å². The Labute approximate surface area is 160 Å². The molecule has 9 heteroatoms. The molecule has 2 fully saturated rings. The van der Waals surface area contributed by atoms with Crippen molar-refractivity contribution in [2.24, 2.45) is 4.36 Å². The Morgan fingerprint density at radius 2 is 2.11 bits per heavy atom. The highest BCUT2D eigenvalue weighted by molar-refractivity contribution is 7.93. The van der Waals surface area contributed by atoms with Crippen LogP contribution >= 0.6 is 0 Å². The molecule has 1 atom stereocenters. The number of carbonyl (C=O) groups excluding carboxylic acids is 2. The zero-order valence-electron chi connectivity index (χ0n) is 16.2. The first-order valence-electron chi connectivity index (χ1n) is 9.37. The van der Waals surface area contributed by atoms with Crippen LogP contribution in [0.3, 0.4) is 0 Å². The molecule has 0 aromatic carbocycles. The van der Waals surface area contributed by atoms with Crippen LogP contribution in [-0.2, 0) is 24.1 Å². The number of ether oxygens (including phenoxy) is 1. The molecule has 0 saturated carbocycles. The predicted octanol–water partition coefficient (Wildman–Crippen LogP) is 1.55. The topological polar surface area (TPSA) is 93.9 Å². The molecule has 1 aromatic rings. The van der Waals surface area contributed by atoms with Gasteiger partial charge in [-0.15, -0.1) is 0 Å². The molecular weight excluding hydrogens is 368 g/mol. The molecule has 0 bridgehead atoms. The van der Waals surface area contributed by atoms with E-state index >= 15 is 0 Å². The van der Waals surface area contributed by atoms with Crippen LogP contribution in [0.1, 0.15) is 44.8 Å². The first-order chi connectivity index (χ1) is 12.7. The van der Waals surface area contributed by atoms with E-state index in [0.29, 0.717) is 44.0 Å². The summed E-state index contributed by atoms with van der Waals surface area (Å²) < 4.78 is 24.8. The van der Waals surface area contributed by atoms with Crippen LogP contribution < -0.4 is 0 Å². The smallest absolute Gasteiger partial charge is 0.255 e. The molecule has 1 aromatic heterocycles. The monoisotopic (exact) mass is 396 g/mol. The number of hydrogen-bond acceptors (Lipinski definition) is 5. The number of amides is 2. The third kappa shape index (κ3) is 4.76. The van der Waals surface area contributed by atoms with Gasteiger partial charge in [0, 0.05) is 37.7 Å². The molecule has 150 valence electrons. The molecule has 1 spiro atoms. The molecule has 2 amide bonds. The highest BCUT2D eigenvalue weighted by atomic mass is 32.2. The van der Waals surface area contributed by atoms with Gasteiger partial charge in [0.1, 0.15) is 0 Å². The zero-order valence-corrected chi connectivity index (χ0v) is 17.0. The Morgan fingerprint density at radius 3 is 2.70 bits per heavy atom. The van der Waals surface area contributed by atoms with Crippen molar-refractivity contribution in [3.63, 3.8) is 0 Å². The fraction of sp³-hybridized carbons (Fsp3) is 0.722. The lowest BCUT2D eigenvalue weighted by Gasteiger charge is -2.45. The average Bonchev–Trinajstić information content (AvgIpc) is 3.05. The van der Waals surface area contributed by atoms with Crippen molar-refractivity contribution in [3.8, 4) is 0 Å². The van der Waals surface area contributed by atoms with Gasteiger partial charge in [-0.25, -0.2) is 4.21 Å². The Hall–Kier alpha value is -1.74. The van der Waals surface area contributed by atoms with Crippen molar-refractivity contribution in [1.82, 2.24) is 14.7 Å². The van der Waals surface area contributed by atoms with Crippen molar-refractivity contribution >= 4 is 21.5 Å². The van der Waals surface area contributed by atoms with Crippen LogP contribution in [0.25, 0.3) is 0 Å². The average molecular weight is 397 g/mol. The van der Waals surface area contributed by atoms with E-state index in [-0.39, 0.29) is 24.3 Å². The van der Waals surface area contributed by atoms with Crippen LogP contribution in [0.15, 0.2) is 16.6 Å². The van der Waals surface area contributed by atoms with Crippen molar-refractivity contribution in [3.05, 3.63) is 18.0 Å². The zero-order chi connectivity index (χ0) is 19.7. The highest BCUT2D eigenvalue weighted by Gasteiger charge is 2.42. The van der Waals surface area contributed by atoms with E-state index in [2.05, 4.69) is 9.46 Å². The van der Waals surface area contributed by atoms with E-state index in [9.17, 15) is 13.8 Å². The van der Waals surface area contributed by atoms with Crippen LogP contribution in [0.2, 0.25) is 0 Å². The van der Waals surface area contributed by atoms with Crippen LogP contribution in [0.4, 0.5) is 0 Å². The van der Waals surface area contributed by atoms with Gasteiger partial charge in [-0.05, 0) is 32.8 Å². The lowest BCUT2D eigenvalue weighted by atomic mass is 9.94.